The summed E-state index contributed by atoms with van der Waals surface area (Å²) in [5.74, 6) is -0.225. The summed E-state index contributed by atoms with van der Waals surface area (Å²) in [6.07, 6.45) is 1.48. The third-order valence-electron chi connectivity index (χ3n) is 2.97. The van der Waals surface area contributed by atoms with Gasteiger partial charge in [0.1, 0.15) is 10.7 Å². The number of ether oxygens (including phenoxy) is 1. The van der Waals surface area contributed by atoms with Crippen LogP contribution in [-0.2, 0) is 4.74 Å². The minimum Gasteiger partial charge on any atom is -0.394 e. The molecule has 0 bridgehead atoms. The maximum atomic E-state index is 12.3. The summed E-state index contributed by atoms with van der Waals surface area (Å²) >= 11 is 4.83. The quantitative estimate of drug-likeness (QED) is 0.730. The van der Waals surface area contributed by atoms with Crippen LogP contribution in [-0.4, -0.2) is 58.3 Å². The maximum Gasteiger partial charge on any atom is 0.272 e. The van der Waals surface area contributed by atoms with Gasteiger partial charge in [0.15, 0.2) is 0 Å². The zero-order valence-electron chi connectivity index (χ0n) is 10.3. The molecule has 0 aliphatic carbocycles. The molecule has 1 atom stereocenters. The minimum atomic E-state index is -0.321. The number of amides is 1. The molecule has 1 aliphatic rings. The predicted molar refractivity (Wildman–Crippen MR) is 72.9 cm³/mol. The van der Waals surface area contributed by atoms with Gasteiger partial charge < -0.3 is 20.5 Å². The number of rotatable bonds is 3. The number of nitrogens with zero attached hydrogens (tertiary/aromatic N) is 2. The summed E-state index contributed by atoms with van der Waals surface area (Å²) in [4.78, 5) is 18.2. The van der Waals surface area contributed by atoms with Crippen molar-refractivity contribution >= 4 is 23.1 Å². The van der Waals surface area contributed by atoms with Crippen molar-refractivity contribution in [3.05, 3.63) is 29.6 Å². The molecule has 2 rings (SSSR count). The summed E-state index contributed by atoms with van der Waals surface area (Å²) in [6.45, 7) is 1.12. The van der Waals surface area contributed by atoms with Gasteiger partial charge in [-0.25, -0.2) is 0 Å². The van der Waals surface area contributed by atoms with Crippen molar-refractivity contribution in [2.75, 3.05) is 26.4 Å². The van der Waals surface area contributed by atoms with Crippen LogP contribution in [0.1, 0.15) is 16.1 Å². The van der Waals surface area contributed by atoms with Crippen LogP contribution in [0.25, 0.3) is 0 Å². The Balaban J connectivity index is 2.16. The summed E-state index contributed by atoms with van der Waals surface area (Å²) in [5.41, 5.74) is 6.40. The number of aliphatic hydroxyl groups excluding tert-OH is 1. The van der Waals surface area contributed by atoms with Crippen LogP contribution < -0.4 is 5.73 Å². The summed E-state index contributed by atoms with van der Waals surface area (Å²) in [7, 11) is 0. The number of nitrogens with two attached hydrogens (primary N) is 1. The summed E-state index contributed by atoms with van der Waals surface area (Å²) in [6, 6.07) is 2.93. The van der Waals surface area contributed by atoms with E-state index in [2.05, 4.69) is 4.98 Å². The van der Waals surface area contributed by atoms with Crippen molar-refractivity contribution in [1.29, 1.82) is 0 Å². The lowest BCUT2D eigenvalue weighted by atomic mass is 10.2. The number of carbonyl (C=O) groups excluding carboxylic acids is 1. The van der Waals surface area contributed by atoms with Gasteiger partial charge in [0.2, 0.25) is 0 Å². The van der Waals surface area contributed by atoms with Crippen molar-refractivity contribution < 1.29 is 14.6 Å². The second-order valence-electron chi connectivity index (χ2n) is 4.21. The fraction of sp³-hybridized carbons (Fsp3) is 0.417. The molecule has 0 aromatic carbocycles. The van der Waals surface area contributed by atoms with Gasteiger partial charge in [-0.15, -0.1) is 0 Å². The van der Waals surface area contributed by atoms with E-state index in [0.717, 1.165) is 0 Å². The third kappa shape index (κ3) is 3.06. The smallest absolute Gasteiger partial charge is 0.272 e. The topological polar surface area (TPSA) is 88.7 Å². The SMILES string of the molecule is NC(=S)c1ccc(C(=O)N2CCOCC2CO)nc1. The molecular formula is C12H15N3O3S. The standard InChI is InChI=1S/C12H15N3O3S/c13-11(19)8-1-2-10(14-5-8)12(17)15-3-4-18-7-9(15)6-16/h1-2,5,9,16H,3-4,6-7H2,(H2,13,19). The Morgan fingerprint density at radius 2 is 2.42 bits per heavy atom. The first-order chi connectivity index (χ1) is 9.13. The highest BCUT2D eigenvalue weighted by Gasteiger charge is 2.28. The molecule has 0 saturated carbocycles. The molecule has 19 heavy (non-hydrogen) atoms. The van der Waals surface area contributed by atoms with E-state index >= 15 is 0 Å². The van der Waals surface area contributed by atoms with Crippen LogP contribution in [0.5, 0.6) is 0 Å². The van der Waals surface area contributed by atoms with Crippen LogP contribution in [0.15, 0.2) is 18.3 Å². The molecule has 102 valence electrons. The van der Waals surface area contributed by atoms with E-state index in [1.807, 2.05) is 0 Å². The molecule has 1 amide bonds. The Labute approximate surface area is 116 Å². The van der Waals surface area contributed by atoms with Gasteiger partial charge in [-0.2, -0.15) is 0 Å². The van der Waals surface area contributed by atoms with Crippen LogP contribution in [0.3, 0.4) is 0 Å². The predicted octanol–water partition coefficient (Wildman–Crippen LogP) is -0.451. The lowest BCUT2D eigenvalue weighted by Gasteiger charge is -2.34. The van der Waals surface area contributed by atoms with Crippen LogP contribution in [0.2, 0.25) is 0 Å². The number of hydrogen-bond donors (Lipinski definition) is 2. The minimum absolute atomic E-state index is 0.128. The first-order valence-corrected chi connectivity index (χ1v) is 6.29. The van der Waals surface area contributed by atoms with Crippen molar-refractivity contribution in [2.45, 2.75) is 6.04 Å². The molecule has 2 heterocycles. The molecular weight excluding hydrogens is 266 g/mol. The van der Waals surface area contributed by atoms with Crippen molar-refractivity contribution in [3.8, 4) is 0 Å². The monoisotopic (exact) mass is 281 g/mol. The molecule has 7 heteroatoms. The fourth-order valence-corrected chi connectivity index (χ4v) is 2.01. The first-order valence-electron chi connectivity index (χ1n) is 5.89. The van der Waals surface area contributed by atoms with E-state index in [1.165, 1.54) is 6.20 Å². The number of hydrogen-bond acceptors (Lipinski definition) is 5. The largest absolute Gasteiger partial charge is 0.394 e. The van der Waals surface area contributed by atoms with Gasteiger partial charge >= 0.3 is 0 Å². The normalized spacial score (nSPS) is 19.2. The molecule has 1 aromatic rings. The highest BCUT2D eigenvalue weighted by atomic mass is 32.1. The van der Waals surface area contributed by atoms with E-state index in [-0.39, 0.29) is 23.5 Å². The van der Waals surface area contributed by atoms with Crippen molar-refractivity contribution in [3.63, 3.8) is 0 Å². The van der Waals surface area contributed by atoms with Gasteiger partial charge in [-0.05, 0) is 12.1 Å². The fourth-order valence-electron chi connectivity index (χ4n) is 1.89. The van der Waals surface area contributed by atoms with Crippen LogP contribution in [0, 0.1) is 0 Å². The molecule has 1 fully saturated rings. The van der Waals surface area contributed by atoms with Gasteiger partial charge in [0.25, 0.3) is 5.91 Å². The van der Waals surface area contributed by atoms with E-state index < -0.39 is 0 Å². The highest BCUT2D eigenvalue weighted by Crippen LogP contribution is 2.11. The third-order valence-corrected chi connectivity index (χ3v) is 3.20. The molecule has 0 spiro atoms. The number of pyridine rings is 1. The Morgan fingerprint density at radius 1 is 1.63 bits per heavy atom. The van der Waals surface area contributed by atoms with E-state index in [4.69, 9.17) is 22.7 Å². The van der Waals surface area contributed by atoms with Gasteiger partial charge in [-0.1, -0.05) is 12.2 Å². The second-order valence-corrected chi connectivity index (χ2v) is 4.65. The van der Waals surface area contributed by atoms with Crippen LogP contribution in [0.4, 0.5) is 0 Å². The Hall–Kier alpha value is -1.57. The molecule has 1 aromatic heterocycles. The number of carbonyl (C=O) groups is 1. The molecule has 1 saturated heterocycles. The van der Waals surface area contributed by atoms with Crippen molar-refractivity contribution in [1.82, 2.24) is 9.88 Å². The van der Waals surface area contributed by atoms with E-state index in [0.29, 0.717) is 31.0 Å². The molecule has 1 unspecified atom stereocenters. The summed E-state index contributed by atoms with van der Waals surface area (Å²) < 4.78 is 5.23. The second kappa shape index (κ2) is 6.05. The maximum absolute atomic E-state index is 12.3. The van der Waals surface area contributed by atoms with Crippen LogP contribution >= 0.6 is 12.2 Å². The van der Waals surface area contributed by atoms with Gasteiger partial charge in [0.05, 0.1) is 25.9 Å². The summed E-state index contributed by atoms with van der Waals surface area (Å²) in [5, 5.41) is 9.25. The Morgan fingerprint density at radius 3 is 3.00 bits per heavy atom. The Kier molecular flexibility index (Phi) is 4.41. The average molecular weight is 281 g/mol. The molecule has 3 N–H and O–H groups in total. The number of morpholine rings is 1. The van der Waals surface area contributed by atoms with E-state index in [1.54, 1.807) is 17.0 Å². The zero-order chi connectivity index (χ0) is 13.8. The average Bonchev–Trinajstić information content (AvgIpc) is 2.46. The first kappa shape index (κ1) is 13.9. The number of thiocarbonyl (C=S) groups is 1. The number of aromatic nitrogens is 1. The zero-order valence-corrected chi connectivity index (χ0v) is 11.1. The lowest BCUT2D eigenvalue weighted by molar-refractivity contribution is -0.0186. The van der Waals surface area contributed by atoms with Gasteiger partial charge in [0, 0.05) is 18.3 Å². The van der Waals surface area contributed by atoms with E-state index in [9.17, 15) is 9.90 Å². The lowest BCUT2D eigenvalue weighted by Crippen LogP contribution is -2.50. The van der Waals surface area contributed by atoms with Crippen molar-refractivity contribution in [2.24, 2.45) is 5.73 Å². The molecule has 1 aliphatic heterocycles. The number of aliphatic hydroxyl groups is 1. The van der Waals surface area contributed by atoms with Gasteiger partial charge in [-0.3, -0.25) is 9.78 Å². The Bertz CT molecular complexity index is 478. The molecule has 6 nitrogen and oxygen atoms in total. The highest BCUT2D eigenvalue weighted by molar-refractivity contribution is 7.80. The molecule has 0 radical (unpaired) electrons.